The molecule has 2 heteroatoms. The van der Waals surface area contributed by atoms with E-state index in [1.54, 1.807) is 0 Å². The Kier molecular flexibility index (Phi) is 2.49. The molecule has 0 aliphatic carbocycles. The summed E-state index contributed by atoms with van der Waals surface area (Å²) in [5.74, 6) is 0.883. The van der Waals surface area contributed by atoms with Gasteiger partial charge in [0.15, 0.2) is 5.90 Å². The summed E-state index contributed by atoms with van der Waals surface area (Å²) in [6.07, 6.45) is 3.95. The average molecular weight is 139 g/mol. The van der Waals surface area contributed by atoms with Crippen molar-refractivity contribution in [3.8, 4) is 0 Å². The topological polar surface area (TPSA) is 21.6 Å². The van der Waals surface area contributed by atoms with Gasteiger partial charge in [-0.3, -0.25) is 0 Å². The lowest BCUT2D eigenvalue weighted by Gasteiger charge is -2.10. The van der Waals surface area contributed by atoms with E-state index in [2.05, 4.69) is 11.9 Å². The van der Waals surface area contributed by atoms with Gasteiger partial charge in [-0.15, -0.1) is 0 Å². The van der Waals surface area contributed by atoms with Gasteiger partial charge in [0.25, 0.3) is 0 Å². The van der Waals surface area contributed by atoms with Gasteiger partial charge in [-0.25, -0.2) is 4.99 Å². The molecular formula is C8H13NO. The zero-order chi connectivity index (χ0) is 7.40. The van der Waals surface area contributed by atoms with Crippen molar-refractivity contribution in [2.75, 3.05) is 6.61 Å². The van der Waals surface area contributed by atoms with Crippen LogP contribution in [0.1, 0.15) is 26.7 Å². The first-order chi connectivity index (χ1) is 4.83. The van der Waals surface area contributed by atoms with E-state index in [0.717, 1.165) is 25.3 Å². The van der Waals surface area contributed by atoms with Crippen LogP contribution in [0.4, 0.5) is 0 Å². The quantitative estimate of drug-likeness (QED) is 0.545. The SMILES string of the molecule is CCOC1=NC=C(C)CC1. The van der Waals surface area contributed by atoms with Gasteiger partial charge in [0.05, 0.1) is 6.61 Å². The zero-order valence-electron chi connectivity index (χ0n) is 6.55. The minimum Gasteiger partial charge on any atom is -0.481 e. The minimum absolute atomic E-state index is 0.728. The highest BCUT2D eigenvalue weighted by atomic mass is 16.5. The Labute approximate surface area is 61.6 Å². The van der Waals surface area contributed by atoms with Gasteiger partial charge in [-0.2, -0.15) is 0 Å². The molecule has 1 heterocycles. The van der Waals surface area contributed by atoms with Crippen LogP contribution < -0.4 is 0 Å². The van der Waals surface area contributed by atoms with Crippen LogP contribution in [0.5, 0.6) is 0 Å². The maximum absolute atomic E-state index is 5.24. The molecule has 0 saturated carbocycles. The summed E-state index contributed by atoms with van der Waals surface area (Å²) in [6, 6.07) is 0. The van der Waals surface area contributed by atoms with Gasteiger partial charge in [-0.1, -0.05) is 5.57 Å². The molecule has 0 fully saturated rings. The van der Waals surface area contributed by atoms with Gasteiger partial charge in [0.1, 0.15) is 0 Å². The Balaban J connectivity index is 2.47. The lowest BCUT2D eigenvalue weighted by atomic mass is 10.1. The fourth-order valence-corrected chi connectivity index (χ4v) is 0.891. The van der Waals surface area contributed by atoms with E-state index in [0.29, 0.717) is 0 Å². The molecule has 0 radical (unpaired) electrons. The average Bonchev–Trinajstić information content (AvgIpc) is 1.95. The molecule has 0 atom stereocenters. The number of hydrogen-bond donors (Lipinski definition) is 0. The van der Waals surface area contributed by atoms with Crippen LogP contribution in [0.3, 0.4) is 0 Å². The molecular weight excluding hydrogens is 126 g/mol. The Bertz CT molecular complexity index is 166. The number of allylic oxidation sites excluding steroid dienone is 1. The molecule has 0 spiro atoms. The van der Waals surface area contributed by atoms with Crippen LogP contribution in [-0.2, 0) is 4.74 Å². The number of nitrogens with zero attached hydrogens (tertiary/aromatic N) is 1. The normalized spacial score (nSPS) is 17.8. The van der Waals surface area contributed by atoms with Crippen molar-refractivity contribution in [3.63, 3.8) is 0 Å². The van der Waals surface area contributed by atoms with Crippen molar-refractivity contribution in [2.24, 2.45) is 4.99 Å². The van der Waals surface area contributed by atoms with Gasteiger partial charge < -0.3 is 4.74 Å². The molecule has 0 saturated heterocycles. The highest BCUT2D eigenvalue weighted by molar-refractivity contribution is 5.77. The van der Waals surface area contributed by atoms with Crippen LogP contribution in [0.2, 0.25) is 0 Å². The van der Waals surface area contributed by atoms with Crippen molar-refractivity contribution in [3.05, 3.63) is 11.8 Å². The monoisotopic (exact) mass is 139 g/mol. The lowest BCUT2D eigenvalue weighted by molar-refractivity contribution is 0.316. The molecule has 56 valence electrons. The first-order valence-electron chi connectivity index (χ1n) is 3.68. The molecule has 0 amide bonds. The molecule has 0 aromatic rings. The summed E-state index contributed by atoms with van der Waals surface area (Å²) < 4.78 is 5.24. The van der Waals surface area contributed by atoms with E-state index < -0.39 is 0 Å². The number of rotatable bonds is 1. The van der Waals surface area contributed by atoms with Crippen LogP contribution in [-0.4, -0.2) is 12.5 Å². The highest BCUT2D eigenvalue weighted by Gasteiger charge is 2.03. The number of aliphatic imine (C=N–C) groups is 1. The summed E-state index contributed by atoms with van der Waals surface area (Å²) in [5.41, 5.74) is 1.34. The molecule has 0 aromatic carbocycles. The van der Waals surface area contributed by atoms with Gasteiger partial charge in [-0.05, 0) is 20.3 Å². The molecule has 0 unspecified atom stereocenters. The predicted octanol–water partition coefficient (Wildman–Crippen LogP) is 2.12. The van der Waals surface area contributed by atoms with E-state index in [4.69, 9.17) is 4.74 Å². The van der Waals surface area contributed by atoms with Crippen molar-refractivity contribution in [1.82, 2.24) is 0 Å². The fraction of sp³-hybridized carbons (Fsp3) is 0.625. The highest BCUT2D eigenvalue weighted by Crippen LogP contribution is 2.11. The van der Waals surface area contributed by atoms with E-state index in [1.807, 2.05) is 13.1 Å². The van der Waals surface area contributed by atoms with E-state index in [9.17, 15) is 0 Å². The summed E-state index contributed by atoms with van der Waals surface area (Å²) in [5, 5.41) is 0. The maximum Gasteiger partial charge on any atom is 0.188 e. The van der Waals surface area contributed by atoms with Crippen LogP contribution in [0, 0.1) is 0 Å². The third-order valence-corrected chi connectivity index (χ3v) is 1.47. The molecule has 2 nitrogen and oxygen atoms in total. The Morgan fingerprint density at radius 3 is 2.90 bits per heavy atom. The first-order valence-corrected chi connectivity index (χ1v) is 3.68. The Morgan fingerprint density at radius 1 is 1.60 bits per heavy atom. The molecule has 1 aliphatic heterocycles. The Hall–Kier alpha value is -0.790. The minimum atomic E-state index is 0.728. The molecule has 1 rings (SSSR count). The molecule has 0 N–H and O–H groups in total. The third-order valence-electron chi connectivity index (χ3n) is 1.47. The number of ether oxygens (including phenoxy) is 1. The second-order valence-electron chi connectivity index (χ2n) is 2.43. The van der Waals surface area contributed by atoms with Crippen LogP contribution >= 0.6 is 0 Å². The van der Waals surface area contributed by atoms with E-state index in [1.165, 1.54) is 5.57 Å². The van der Waals surface area contributed by atoms with Gasteiger partial charge in [0.2, 0.25) is 0 Å². The van der Waals surface area contributed by atoms with Crippen LogP contribution in [0.15, 0.2) is 16.8 Å². The zero-order valence-corrected chi connectivity index (χ0v) is 6.55. The number of hydrogen-bond acceptors (Lipinski definition) is 2. The van der Waals surface area contributed by atoms with Gasteiger partial charge >= 0.3 is 0 Å². The largest absolute Gasteiger partial charge is 0.481 e. The van der Waals surface area contributed by atoms with E-state index >= 15 is 0 Å². The fourth-order valence-electron chi connectivity index (χ4n) is 0.891. The second kappa shape index (κ2) is 3.40. The summed E-state index contributed by atoms with van der Waals surface area (Å²) in [4.78, 5) is 4.13. The van der Waals surface area contributed by atoms with E-state index in [-0.39, 0.29) is 0 Å². The molecule has 0 aromatic heterocycles. The smallest absolute Gasteiger partial charge is 0.188 e. The van der Waals surface area contributed by atoms with Crippen molar-refractivity contribution in [2.45, 2.75) is 26.7 Å². The summed E-state index contributed by atoms with van der Waals surface area (Å²) in [7, 11) is 0. The second-order valence-corrected chi connectivity index (χ2v) is 2.43. The predicted molar refractivity (Wildman–Crippen MR) is 42.1 cm³/mol. The molecule has 0 bridgehead atoms. The van der Waals surface area contributed by atoms with Crippen LogP contribution in [0.25, 0.3) is 0 Å². The summed E-state index contributed by atoms with van der Waals surface area (Å²) in [6.45, 7) is 4.80. The van der Waals surface area contributed by atoms with Crippen molar-refractivity contribution < 1.29 is 4.74 Å². The summed E-state index contributed by atoms with van der Waals surface area (Å²) >= 11 is 0. The standard InChI is InChI=1S/C8H13NO/c1-3-10-8-5-4-7(2)6-9-8/h6H,3-5H2,1-2H3. The first kappa shape index (κ1) is 7.32. The lowest BCUT2D eigenvalue weighted by Crippen LogP contribution is -2.06. The third kappa shape index (κ3) is 1.87. The maximum atomic E-state index is 5.24. The molecule has 10 heavy (non-hydrogen) atoms. The van der Waals surface area contributed by atoms with Crippen molar-refractivity contribution >= 4 is 5.90 Å². The van der Waals surface area contributed by atoms with Gasteiger partial charge in [0, 0.05) is 12.6 Å². The van der Waals surface area contributed by atoms with Crippen molar-refractivity contribution in [1.29, 1.82) is 0 Å². The molecule has 1 aliphatic rings. The Morgan fingerprint density at radius 2 is 2.40 bits per heavy atom.